The predicted octanol–water partition coefficient (Wildman–Crippen LogP) is 0.674. The van der Waals surface area contributed by atoms with Gasteiger partial charge in [0.1, 0.15) is 6.04 Å². The number of hydrogen-bond donors (Lipinski definition) is 2. The highest BCUT2D eigenvalue weighted by atomic mass is 16.5. The number of rotatable bonds is 6. The number of esters is 1. The van der Waals surface area contributed by atoms with Crippen molar-refractivity contribution in [3.8, 4) is 0 Å². The number of carbonyl (C=O) groups excluding carboxylic acids is 1. The molecular formula is C10H21NO3. The SMILES string of the molecule is CC(C)CC(C)OC(=O)[C@H](N)CCO. The third kappa shape index (κ3) is 5.94. The lowest BCUT2D eigenvalue weighted by atomic mass is 10.1. The van der Waals surface area contributed by atoms with E-state index < -0.39 is 12.0 Å². The molecule has 14 heavy (non-hydrogen) atoms. The first kappa shape index (κ1) is 13.4. The van der Waals surface area contributed by atoms with Crippen LogP contribution in [0.15, 0.2) is 0 Å². The zero-order chi connectivity index (χ0) is 11.1. The smallest absolute Gasteiger partial charge is 0.323 e. The number of aliphatic hydroxyl groups is 1. The minimum atomic E-state index is -0.699. The van der Waals surface area contributed by atoms with Crippen LogP contribution in [0.5, 0.6) is 0 Å². The Morgan fingerprint density at radius 1 is 1.43 bits per heavy atom. The van der Waals surface area contributed by atoms with Gasteiger partial charge in [-0.15, -0.1) is 0 Å². The number of aliphatic hydroxyl groups excluding tert-OH is 1. The Labute approximate surface area is 85.4 Å². The highest BCUT2D eigenvalue weighted by Gasteiger charge is 2.17. The molecule has 0 spiro atoms. The van der Waals surface area contributed by atoms with Gasteiger partial charge in [0.25, 0.3) is 0 Å². The van der Waals surface area contributed by atoms with Gasteiger partial charge in [-0.05, 0) is 25.7 Å². The molecule has 0 saturated heterocycles. The van der Waals surface area contributed by atoms with Crippen LogP contribution in [-0.2, 0) is 9.53 Å². The van der Waals surface area contributed by atoms with E-state index in [1.807, 2.05) is 6.92 Å². The summed E-state index contributed by atoms with van der Waals surface area (Å²) in [7, 11) is 0. The van der Waals surface area contributed by atoms with E-state index >= 15 is 0 Å². The molecule has 0 bridgehead atoms. The lowest BCUT2D eigenvalue weighted by Gasteiger charge is -2.17. The summed E-state index contributed by atoms with van der Waals surface area (Å²) in [6.45, 7) is 5.90. The molecule has 4 nitrogen and oxygen atoms in total. The molecule has 0 amide bonds. The van der Waals surface area contributed by atoms with Gasteiger partial charge in [0, 0.05) is 6.61 Å². The Hall–Kier alpha value is -0.610. The van der Waals surface area contributed by atoms with E-state index in [4.69, 9.17) is 15.6 Å². The highest BCUT2D eigenvalue weighted by Crippen LogP contribution is 2.08. The van der Waals surface area contributed by atoms with Crippen LogP contribution < -0.4 is 5.73 Å². The molecule has 0 heterocycles. The van der Waals surface area contributed by atoms with Crippen molar-refractivity contribution in [2.45, 2.75) is 45.8 Å². The van der Waals surface area contributed by atoms with Crippen LogP contribution in [0.2, 0.25) is 0 Å². The van der Waals surface area contributed by atoms with Crippen LogP contribution in [0.3, 0.4) is 0 Å². The molecule has 4 heteroatoms. The second kappa shape index (κ2) is 6.79. The van der Waals surface area contributed by atoms with Gasteiger partial charge in [0.15, 0.2) is 0 Å². The maximum Gasteiger partial charge on any atom is 0.323 e. The van der Waals surface area contributed by atoms with E-state index in [-0.39, 0.29) is 19.1 Å². The lowest BCUT2D eigenvalue weighted by molar-refractivity contribution is -0.150. The average molecular weight is 203 g/mol. The fraction of sp³-hybridized carbons (Fsp3) is 0.900. The lowest BCUT2D eigenvalue weighted by Crippen LogP contribution is -2.35. The second-order valence-electron chi connectivity index (χ2n) is 4.00. The number of carbonyl (C=O) groups is 1. The molecule has 0 rings (SSSR count). The van der Waals surface area contributed by atoms with Crippen LogP contribution in [0.1, 0.15) is 33.6 Å². The molecule has 0 saturated carbocycles. The number of hydrogen-bond acceptors (Lipinski definition) is 4. The molecule has 0 fully saturated rings. The van der Waals surface area contributed by atoms with E-state index in [0.717, 1.165) is 6.42 Å². The fourth-order valence-corrected chi connectivity index (χ4v) is 1.25. The van der Waals surface area contributed by atoms with Gasteiger partial charge in [0.2, 0.25) is 0 Å². The van der Waals surface area contributed by atoms with Crippen molar-refractivity contribution in [1.29, 1.82) is 0 Å². The minimum absolute atomic E-state index is 0.0885. The molecule has 84 valence electrons. The molecule has 0 aromatic rings. The zero-order valence-corrected chi connectivity index (χ0v) is 9.19. The van der Waals surface area contributed by atoms with E-state index in [1.165, 1.54) is 0 Å². The molecule has 3 N–H and O–H groups in total. The third-order valence-corrected chi connectivity index (χ3v) is 1.86. The first-order valence-electron chi connectivity index (χ1n) is 5.04. The van der Waals surface area contributed by atoms with Crippen molar-refractivity contribution in [3.05, 3.63) is 0 Å². The van der Waals surface area contributed by atoms with Crippen molar-refractivity contribution in [2.75, 3.05) is 6.61 Å². The van der Waals surface area contributed by atoms with Gasteiger partial charge in [0.05, 0.1) is 6.10 Å². The molecule has 2 atom stereocenters. The number of nitrogens with two attached hydrogens (primary N) is 1. The molecule has 0 aliphatic rings. The normalized spacial score (nSPS) is 15.3. The Morgan fingerprint density at radius 2 is 2.00 bits per heavy atom. The van der Waals surface area contributed by atoms with E-state index in [9.17, 15) is 4.79 Å². The molecule has 0 radical (unpaired) electrons. The Morgan fingerprint density at radius 3 is 2.43 bits per heavy atom. The molecular weight excluding hydrogens is 182 g/mol. The van der Waals surface area contributed by atoms with Crippen LogP contribution in [0, 0.1) is 5.92 Å². The fourth-order valence-electron chi connectivity index (χ4n) is 1.25. The monoisotopic (exact) mass is 203 g/mol. The van der Waals surface area contributed by atoms with Crippen molar-refractivity contribution in [3.63, 3.8) is 0 Å². The largest absolute Gasteiger partial charge is 0.462 e. The van der Waals surface area contributed by atoms with Crippen LogP contribution in [0.4, 0.5) is 0 Å². The summed E-state index contributed by atoms with van der Waals surface area (Å²) in [6, 6.07) is -0.699. The molecule has 1 unspecified atom stereocenters. The van der Waals surface area contributed by atoms with Crippen molar-refractivity contribution in [1.82, 2.24) is 0 Å². The maximum atomic E-state index is 11.3. The van der Waals surface area contributed by atoms with Crippen LogP contribution >= 0.6 is 0 Å². The van der Waals surface area contributed by atoms with Gasteiger partial charge in [-0.3, -0.25) is 4.79 Å². The highest BCUT2D eigenvalue weighted by molar-refractivity contribution is 5.75. The van der Waals surface area contributed by atoms with Gasteiger partial charge in [-0.25, -0.2) is 0 Å². The predicted molar refractivity (Wildman–Crippen MR) is 54.7 cm³/mol. The molecule has 0 aromatic carbocycles. The van der Waals surface area contributed by atoms with E-state index in [0.29, 0.717) is 5.92 Å². The summed E-state index contributed by atoms with van der Waals surface area (Å²) in [4.78, 5) is 11.3. The molecule has 0 aromatic heterocycles. The van der Waals surface area contributed by atoms with Gasteiger partial charge >= 0.3 is 5.97 Å². The average Bonchev–Trinajstić information content (AvgIpc) is 2.02. The quantitative estimate of drug-likeness (QED) is 0.622. The summed E-state index contributed by atoms with van der Waals surface area (Å²) >= 11 is 0. The molecule has 0 aliphatic heterocycles. The topological polar surface area (TPSA) is 72.5 Å². The Kier molecular flexibility index (Phi) is 6.49. The first-order chi connectivity index (χ1) is 6.47. The second-order valence-corrected chi connectivity index (χ2v) is 4.00. The Bertz CT molecular complexity index is 171. The van der Waals surface area contributed by atoms with Crippen molar-refractivity contribution in [2.24, 2.45) is 11.7 Å². The zero-order valence-electron chi connectivity index (χ0n) is 9.19. The first-order valence-corrected chi connectivity index (χ1v) is 5.04. The van der Waals surface area contributed by atoms with Crippen molar-refractivity contribution >= 4 is 5.97 Å². The maximum absolute atomic E-state index is 11.3. The van der Waals surface area contributed by atoms with Gasteiger partial charge in [-0.1, -0.05) is 13.8 Å². The van der Waals surface area contributed by atoms with Crippen LogP contribution in [0.25, 0.3) is 0 Å². The third-order valence-electron chi connectivity index (χ3n) is 1.86. The summed E-state index contributed by atoms with van der Waals surface area (Å²) in [5.74, 6) is 0.0686. The number of ether oxygens (including phenoxy) is 1. The Balaban J connectivity index is 3.80. The standard InChI is InChI=1S/C10H21NO3/c1-7(2)6-8(3)14-10(13)9(11)4-5-12/h7-9,12H,4-6,11H2,1-3H3/t8?,9-/m1/s1. The van der Waals surface area contributed by atoms with E-state index in [1.54, 1.807) is 0 Å². The minimum Gasteiger partial charge on any atom is -0.462 e. The molecule has 0 aliphatic carbocycles. The summed E-state index contributed by atoms with van der Waals surface area (Å²) < 4.78 is 5.10. The van der Waals surface area contributed by atoms with Crippen molar-refractivity contribution < 1.29 is 14.6 Å². The summed E-state index contributed by atoms with van der Waals surface area (Å²) in [5, 5.41) is 8.58. The van der Waals surface area contributed by atoms with Gasteiger partial charge < -0.3 is 15.6 Å². The van der Waals surface area contributed by atoms with E-state index in [2.05, 4.69) is 13.8 Å². The summed E-state index contributed by atoms with van der Waals surface area (Å²) in [6.07, 6.45) is 0.984. The summed E-state index contributed by atoms with van der Waals surface area (Å²) in [5.41, 5.74) is 5.47. The van der Waals surface area contributed by atoms with Crippen LogP contribution in [-0.4, -0.2) is 29.8 Å². The van der Waals surface area contributed by atoms with Gasteiger partial charge in [-0.2, -0.15) is 0 Å².